The summed E-state index contributed by atoms with van der Waals surface area (Å²) < 4.78 is 16.1. The molecule has 24 heavy (non-hydrogen) atoms. The summed E-state index contributed by atoms with van der Waals surface area (Å²) in [5.74, 6) is 5.58. The van der Waals surface area contributed by atoms with Gasteiger partial charge in [-0.15, -0.1) is 0 Å². The van der Waals surface area contributed by atoms with E-state index in [2.05, 4.69) is 15.9 Å². The summed E-state index contributed by atoms with van der Waals surface area (Å²) in [7, 11) is 0. The van der Waals surface area contributed by atoms with Crippen molar-refractivity contribution in [2.45, 2.75) is 19.4 Å². The predicted molar refractivity (Wildman–Crippen MR) is 93.5 cm³/mol. The van der Waals surface area contributed by atoms with Crippen LogP contribution in [0.1, 0.15) is 23.3 Å². The third-order valence-corrected chi connectivity index (χ3v) is 5.07. The van der Waals surface area contributed by atoms with Crippen LogP contribution >= 0.6 is 15.9 Å². The number of nitrogens with zero attached hydrogens (tertiary/aromatic N) is 2. The smallest absolute Gasteiger partial charge is 0.288 e. The van der Waals surface area contributed by atoms with E-state index in [1.54, 1.807) is 12.1 Å². The number of rotatable bonds is 1. The number of halogens is 2. The lowest BCUT2D eigenvalue weighted by Crippen LogP contribution is -2.37. The van der Waals surface area contributed by atoms with E-state index in [0.717, 1.165) is 39.7 Å². The van der Waals surface area contributed by atoms with Gasteiger partial charge in [0.05, 0.1) is 0 Å². The molecule has 0 saturated heterocycles. The first-order valence-corrected chi connectivity index (χ1v) is 8.45. The highest BCUT2D eigenvalue weighted by atomic mass is 79.9. The highest BCUT2D eigenvalue weighted by Crippen LogP contribution is 2.33. The van der Waals surface area contributed by atoms with E-state index < -0.39 is 0 Å². The Morgan fingerprint density at radius 2 is 1.88 bits per heavy atom. The SMILES string of the molecule is NN1C(=O)c2cc(-c3ccc(F)cc3)cn2CC2=C1CCC(Br)=C2. The molecule has 2 heterocycles. The van der Waals surface area contributed by atoms with Gasteiger partial charge in [-0.3, -0.25) is 4.79 Å². The first-order valence-electron chi connectivity index (χ1n) is 7.66. The van der Waals surface area contributed by atoms with Crippen LogP contribution in [0.4, 0.5) is 4.39 Å². The number of hydrogen-bond acceptors (Lipinski definition) is 2. The average Bonchev–Trinajstić information content (AvgIpc) is 2.94. The number of hydrogen-bond donors (Lipinski definition) is 1. The summed E-state index contributed by atoms with van der Waals surface area (Å²) in [6, 6.07) is 8.05. The van der Waals surface area contributed by atoms with E-state index in [0.29, 0.717) is 12.2 Å². The molecule has 2 N–H and O–H groups in total. The van der Waals surface area contributed by atoms with Crippen LogP contribution in [0.3, 0.4) is 0 Å². The molecule has 2 aliphatic rings. The third kappa shape index (κ3) is 2.52. The molecule has 1 amide bonds. The van der Waals surface area contributed by atoms with Gasteiger partial charge in [0.2, 0.25) is 0 Å². The average molecular weight is 388 g/mol. The Bertz CT molecular complexity index is 895. The minimum Gasteiger partial charge on any atom is -0.338 e. The van der Waals surface area contributed by atoms with E-state index >= 15 is 0 Å². The van der Waals surface area contributed by atoms with Gasteiger partial charge in [0.1, 0.15) is 11.5 Å². The van der Waals surface area contributed by atoms with E-state index in [9.17, 15) is 9.18 Å². The number of aromatic nitrogens is 1. The molecule has 1 aliphatic heterocycles. The van der Waals surface area contributed by atoms with E-state index in [1.807, 2.05) is 22.9 Å². The second-order valence-corrected chi connectivity index (χ2v) is 7.01. The van der Waals surface area contributed by atoms with Crippen LogP contribution < -0.4 is 5.84 Å². The van der Waals surface area contributed by atoms with Gasteiger partial charge in [0.15, 0.2) is 0 Å². The van der Waals surface area contributed by atoms with Crippen molar-refractivity contribution < 1.29 is 9.18 Å². The Labute approximate surface area is 147 Å². The normalized spacial score (nSPS) is 17.4. The van der Waals surface area contributed by atoms with Gasteiger partial charge >= 0.3 is 0 Å². The molecule has 0 unspecified atom stereocenters. The molecule has 0 bridgehead atoms. The van der Waals surface area contributed by atoms with Gasteiger partial charge in [0, 0.05) is 24.0 Å². The molecule has 4 nitrogen and oxygen atoms in total. The maximum atomic E-state index is 13.1. The van der Waals surface area contributed by atoms with Crippen molar-refractivity contribution in [1.82, 2.24) is 9.58 Å². The zero-order valence-corrected chi connectivity index (χ0v) is 14.4. The second kappa shape index (κ2) is 5.72. The first-order chi connectivity index (χ1) is 11.5. The van der Waals surface area contributed by atoms with Gasteiger partial charge < -0.3 is 4.57 Å². The number of carbonyl (C=O) groups excluding carboxylic acids is 1. The quantitative estimate of drug-likeness (QED) is 0.594. The van der Waals surface area contributed by atoms with Crippen molar-refractivity contribution in [3.05, 3.63) is 69.9 Å². The summed E-state index contributed by atoms with van der Waals surface area (Å²) >= 11 is 3.54. The van der Waals surface area contributed by atoms with Crippen LogP contribution in [-0.2, 0) is 6.54 Å². The lowest BCUT2D eigenvalue weighted by molar-refractivity contribution is 0.0794. The van der Waals surface area contributed by atoms with E-state index in [-0.39, 0.29) is 11.7 Å². The summed E-state index contributed by atoms with van der Waals surface area (Å²) in [6.45, 7) is 0.584. The van der Waals surface area contributed by atoms with Gasteiger partial charge in [-0.1, -0.05) is 28.1 Å². The van der Waals surface area contributed by atoms with Crippen molar-refractivity contribution in [2.24, 2.45) is 5.84 Å². The topological polar surface area (TPSA) is 51.3 Å². The predicted octanol–water partition coefficient (Wildman–Crippen LogP) is 3.95. The van der Waals surface area contributed by atoms with Crippen LogP contribution in [0.15, 0.2) is 58.4 Å². The largest absolute Gasteiger partial charge is 0.338 e. The molecule has 2 aromatic rings. The standard InChI is InChI=1S/C18H15BrFN3O/c19-14-3-6-16-13(7-14)10-22-9-12(8-17(22)18(24)23(16)21)11-1-4-15(20)5-2-11/h1-2,4-5,7-9H,3,6,10,21H2. The Morgan fingerprint density at radius 3 is 2.62 bits per heavy atom. The Balaban J connectivity index is 1.79. The molecule has 1 aromatic carbocycles. The molecule has 6 heteroatoms. The van der Waals surface area contributed by atoms with Crippen LogP contribution in [0.5, 0.6) is 0 Å². The highest BCUT2D eigenvalue weighted by Gasteiger charge is 2.28. The number of hydrazine groups is 1. The van der Waals surface area contributed by atoms with Gasteiger partial charge in [-0.25, -0.2) is 15.2 Å². The van der Waals surface area contributed by atoms with E-state index in [4.69, 9.17) is 5.84 Å². The number of carbonyl (C=O) groups is 1. The first kappa shape index (κ1) is 15.4. The van der Waals surface area contributed by atoms with E-state index in [1.165, 1.54) is 17.1 Å². The zero-order chi connectivity index (χ0) is 16.8. The Morgan fingerprint density at radius 1 is 1.12 bits per heavy atom. The summed E-state index contributed by atoms with van der Waals surface area (Å²) in [6.07, 6.45) is 5.54. The molecule has 1 aliphatic carbocycles. The zero-order valence-electron chi connectivity index (χ0n) is 12.8. The van der Waals surface area contributed by atoms with Crippen molar-refractivity contribution in [3.8, 4) is 11.1 Å². The number of benzene rings is 1. The fourth-order valence-electron chi connectivity index (χ4n) is 3.20. The van der Waals surface area contributed by atoms with Crippen molar-refractivity contribution in [3.63, 3.8) is 0 Å². The fourth-order valence-corrected chi connectivity index (χ4v) is 3.68. The summed E-state index contributed by atoms with van der Waals surface area (Å²) in [5.41, 5.74) is 4.17. The molecule has 0 spiro atoms. The molecule has 122 valence electrons. The Kier molecular flexibility index (Phi) is 3.66. The number of nitrogens with two attached hydrogens (primary N) is 1. The number of allylic oxidation sites excluding steroid dienone is 4. The highest BCUT2D eigenvalue weighted by molar-refractivity contribution is 9.11. The molecule has 0 saturated carbocycles. The summed E-state index contributed by atoms with van der Waals surface area (Å²) in [4.78, 5) is 12.7. The summed E-state index contributed by atoms with van der Waals surface area (Å²) in [5, 5.41) is 1.26. The molecular weight excluding hydrogens is 373 g/mol. The molecule has 4 rings (SSSR count). The minimum atomic E-state index is -0.282. The van der Waals surface area contributed by atoms with Gasteiger partial charge in [0.25, 0.3) is 5.91 Å². The van der Waals surface area contributed by atoms with Crippen LogP contribution in [0, 0.1) is 5.82 Å². The molecular formula is C18H15BrFN3O. The molecule has 0 atom stereocenters. The van der Waals surface area contributed by atoms with Crippen LogP contribution in [0.25, 0.3) is 11.1 Å². The molecule has 0 fully saturated rings. The Hall–Kier alpha value is -2.18. The second-order valence-electron chi connectivity index (χ2n) is 5.99. The van der Waals surface area contributed by atoms with Gasteiger partial charge in [-0.05, 0) is 52.7 Å². The van der Waals surface area contributed by atoms with Crippen LogP contribution in [0.2, 0.25) is 0 Å². The van der Waals surface area contributed by atoms with Crippen LogP contribution in [-0.4, -0.2) is 15.5 Å². The number of amides is 1. The molecule has 0 radical (unpaired) electrons. The molecule has 1 aromatic heterocycles. The fraction of sp³-hybridized carbons (Fsp3) is 0.167. The van der Waals surface area contributed by atoms with Crippen molar-refractivity contribution in [2.75, 3.05) is 0 Å². The minimum absolute atomic E-state index is 0.222. The van der Waals surface area contributed by atoms with Crippen molar-refractivity contribution in [1.29, 1.82) is 0 Å². The van der Waals surface area contributed by atoms with Gasteiger partial charge in [-0.2, -0.15) is 0 Å². The maximum Gasteiger partial charge on any atom is 0.288 e. The maximum absolute atomic E-state index is 13.1. The van der Waals surface area contributed by atoms with Crippen molar-refractivity contribution >= 4 is 21.8 Å². The lowest BCUT2D eigenvalue weighted by Gasteiger charge is -2.22. The number of fused-ring (bicyclic) bond motifs is 1. The third-order valence-electron chi connectivity index (χ3n) is 4.45. The monoisotopic (exact) mass is 387 g/mol. The lowest BCUT2D eigenvalue weighted by atomic mass is 10.0.